The molecule has 3 N–H and O–H groups in total. The molecule has 2 aromatic rings. The van der Waals surface area contributed by atoms with E-state index in [0.717, 1.165) is 17.3 Å². The normalized spacial score (nSPS) is 11.7. The highest BCUT2D eigenvalue weighted by molar-refractivity contribution is 5.85. The highest BCUT2D eigenvalue weighted by Crippen LogP contribution is 2.18. The van der Waals surface area contributed by atoms with Gasteiger partial charge in [-0.25, -0.2) is 0 Å². The third-order valence-corrected chi connectivity index (χ3v) is 3.47. The third kappa shape index (κ3) is 3.08. The Labute approximate surface area is 113 Å². The molecule has 0 saturated carbocycles. The fourth-order valence-electron chi connectivity index (χ4n) is 2.00. The average Bonchev–Trinajstić information content (AvgIpc) is 2.71. The summed E-state index contributed by atoms with van der Waals surface area (Å²) >= 11 is 0. The first kappa shape index (κ1) is 13.5. The summed E-state index contributed by atoms with van der Waals surface area (Å²) in [5.74, 6) is 0.0202. The summed E-state index contributed by atoms with van der Waals surface area (Å²) in [7, 11) is 0. The molecule has 1 heterocycles. The summed E-state index contributed by atoms with van der Waals surface area (Å²) < 4.78 is 1.92. The largest absolute Gasteiger partial charge is 0.399 e. The van der Waals surface area contributed by atoms with Gasteiger partial charge in [0.2, 0.25) is 5.91 Å². The van der Waals surface area contributed by atoms with Gasteiger partial charge in [0.15, 0.2) is 0 Å². The predicted octanol–water partition coefficient (Wildman–Crippen LogP) is 2.53. The van der Waals surface area contributed by atoms with Gasteiger partial charge in [0.1, 0.15) is 6.54 Å². The first-order valence-electron chi connectivity index (χ1n) is 6.57. The van der Waals surface area contributed by atoms with Crippen LogP contribution in [0.5, 0.6) is 0 Å². The van der Waals surface area contributed by atoms with E-state index in [4.69, 9.17) is 5.73 Å². The molecule has 0 radical (unpaired) electrons. The molecule has 0 aliphatic rings. The topological polar surface area (TPSA) is 60.0 Å². The van der Waals surface area contributed by atoms with Crippen LogP contribution in [0, 0.1) is 0 Å². The summed E-state index contributed by atoms with van der Waals surface area (Å²) in [5.41, 5.74) is 7.32. The Kier molecular flexibility index (Phi) is 3.51. The highest BCUT2D eigenvalue weighted by Gasteiger charge is 2.18. The number of amides is 1. The van der Waals surface area contributed by atoms with Crippen LogP contribution in [0.2, 0.25) is 0 Å². The van der Waals surface area contributed by atoms with Crippen LogP contribution in [0.3, 0.4) is 0 Å². The number of rotatable bonds is 4. The molecule has 2 rings (SSSR count). The molecular formula is C15H21N3O. The summed E-state index contributed by atoms with van der Waals surface area (Å²) in [6, 6.07) is 7.72. The lowest BCUT2D eigenvalue weighted by atomic mass is 10.0. The molecule has 0 aliphatic heterocycles. The maximum absolute atomic E-state index is 12.1. The molecular weight excluding hydrogens is 238 g/mol. The molecule has 0 spiro atoms. The number of nitrogens with two attached hydrogens (primary N) is 1. The lowest BCUT2D eigenvalue weighted by Crippen LogP contribution is -2.44. The minimum Gasteiger partial charge on any atom is -0.399 e. The van der Waals surface area contributed by atoms with E-state index < -0.39 is 0 Å². The number of nitrogens with zero attached hydrogens (tertiary/aromatic N) is 1. The summed E-state index contributed by atoms with van der Waals surface area (Å²) in [6.07, 6.45) is 2.82. The molecule has 19 heavy (non-hydrogen) atoms. The predicted molar refractivity (Wildman–Crippen MR) is 78.9 cm³/mol. The molecule has 0 unspecified atom stereocenters. The summed E-state index contributed by atoms with van der Waals surface area (Å²) in [4.78, 5) is 12.1. The number of hydrogen-bond acceptors (Lipinski definition) is 2. The molecule has 4 heteroatoms. The van der Waals surface area contributed by atoms with Crippen LogP contribution in [-0.2, 0) is 11.3 Å². The Morgan fingerprint density at radius 2 is 2.11 bits per heavy atom. The van der Waals surface area contributed by atoms with Gasteiger partial charge in [0, 0.05) is 17.4 Å². The van der Waals surface area contributed by atoms with Crippen molar-refractivity contribution in [2.45, 2.75) is 39.3 Å². The number of aromatic nitrogens is 1. The first-order chi connectivity index (χ1) is 8.91. The number of anilines is 1. The molecule has 0 atom stereocenters. The monoisotopic (exact) mass is 259 g/mol. The first-order valence-corrected chi connectivity index (χ1v) is 6.57. The maximum atomic E-state index is 12.1. The van der Waals surface area contributed by atoms with Gasteiger partial charge < -0.3 is 15.6 Å². The molecule has 4 nitrogen and oxygen atoms in total. The Bertz CT molecular complexity index is 598. The van der Waals surface area contributed by atoms with Gasteiger partial charge in [-0.1, -0.05) is 13.0 Å². The SMILES string of the molecule is CCC(C)(C)NC(=O)Cn1ccc2ccc(N)cc21. The standard InChI is InChI=1S/C15H21N3O/c1-4-15(2,3)17-14(19)10-18-8-7-11-5-6-12(16)9-13(11)18/h5-9H,4,10,16H2,1-3H3,(H,17,19). The number of nitrogen functional groups attached to an aromatic ring is 1. The molecule has 102 valence electrons. The van der Waals surface area contributed by atoms with Crippen LogP contribution < -0.4 is 11.1 Å². The van der Waals surface area contributed by atoms with Crippen LogP contribution in [0.1, 0.15) is 27.2 Å². The third-order valence-electron chi connectivity index (χ3n) is 3.47. The molecule has 0 aliphatic carbocycles. The Balaban J connectivity index is 2.17. The second-order valence-corrected chi connectivity index (χ2v) is 5.55. The van der Waals surface area contributed by atoms with Crippen LogP contribution in [0.15, 0.2) is 30.5 Å². The lowest BCUT2D eigenvalue weighted by Gasteiger charge is -2.24. The van der Waals surface area contributed by atoms with Crippen LogP contribution in [0.4, 0.5) is 5.69 Å². The Morgan fingerprint density at radius 3 is 2.79 bits per heavy atom. The van der Waals surface area contributed by atoms with E-state index in [1.165, 1.54) is 0 Å². The number of carbonyl (C=O) groups is 1. The summed E-state index contributed by atoms with van der Waals surface area (Å²) in [6.45, 7) is 6.43. The second kappa shape index (κ2) is 4.96. The van der Waals surface area contributed by atoms with Crippen molar-refractivity contribution >= 4 is 22.5 Å². The quantitative estimate of drug-likeness (QED) is 0.829. The second-order valence-electron chi connectivity index (χ2n) is 5.55. The smallest absolute Gasteiger partial charge is 0.240 e. The van der Waals surface area contributed by atoms with Gasteiger partial charge in [-0.15, -0.1) is 0 Å². The molecule has 0 fully saturated rings. The Hall–Kier alpha value is -1.97. The molecule has 0 saturated heterocycles. The molecule has 1 aromatic heterocycles. The maximum Gasteiger partial charge on any atom is 0.240 e. The zero-order valence-electron chi connectivity index (χ0n) is 11.7. The molecule has 0 bridgehead atoms. The number of nitrogens with one attached hydrogen (secondary N) is 1. The van der Waals surface area contributed by atoms with Crippen molar-refractivity contribution in [3.05, 3.63) is 30.5 Å². The van der Waals surface area contributed by atoms with Crippen molar-refractivity contribution < 1.29 is 4.79 Å². The van der Waals surface area contributed by atoms with Crippen molar-refractivity contribution in [2.75, 3.05) is 5.73 Å². The van der Waals surface area contributed by atoms with E-state index >= 15 is 0 Å². The van der Waals surface area contributed by atoms with Crippen molar-refractivity contribution in [1.29, 1.82) is 0 Å². The van der Waals surface area contributed by atoms with Crippen LogP contribution in [-0.4, -0.2) is 16.0 Å². The fraction of sp³-hybridized carbons (Fsp3) is 0.400. The van der Waals surface area contributed by atoms with E-state index in [2.05, 4.69) is 12.2 Å². The molecule has 1 amide bonds. The Morgan fingerprint density at radius 1 is 1.37 bits per heavy atom. The minimum absolute atomic E-state index is 0.0202. The number of carbonyl (C=O) groups excluding carboxylic acids is 1. The number of fused-ring (bicyclic) bond motifs is 1. The summed E-state index contributed by atoms with van der Waals surface area (Å²) in [5, 5.41) is 4.13. The van der Waals surface area contributed by atoms with Crippen molar-refractivity contribution in [3.63, 3.8) is 0 Å². The fourth-order valence-corrected chi connectivity index (χ4v) is 2.00. The van der Waals surface area contributed by atoms with Gasteiger partial charge in [-0.05, 0) is 43.9 Å². The van der Waals surface area contributed by atoms with Gasteiger partial charge in [0.25, 0.3) is 0 Å². The zero-order chi connectivity index (χ0) is 14.0. The van der Waals surface area contributed by atoms with Gasteiger partial charge in [-0.2, -0.15) is 0 Å². The number of hydrogen-bond donors (Lipinski definition) is 2. The van der Waals surface area contributed by atoms with Crippen molar-refractivity contribution in [2.24, 2.45) is 0 Å². The van der Waals surface area contributed by atoms with E-state index in [1.807, 2.05) is 48.9 Å². The zero-order valence-corrected chi connectivity index (χ0v) is 11.7. The lowest BCUT2D eigenvalue weighted by molar-refractivity contribution is -0.123. The van der Waals surface area contributed by atoms with E-state index in [0.29, 0.717) is 12.2 Å². The van der Waals surface area contributed by atoms with Crippen molar-refractivity contribution in [3.8, 4) is 0 Å². The average molecular weight is 259 g/mol. The van der Waals surface area contributed by atoms with E-state index in [-0.39, 0.29) is 11.4 Å². The van der Waals surface area contributed by atoms with Gasteiger partial charge >= 0.3 is 0 Å². The highest BCUT2D eigenvalue weighted by atomic mass is 16.2. The van der Waals surface area contributed by atoms with E-state index in [1.54, 1.807) is 0 Å². The molecule has 1 aromatic carbocycles. The van der Waals surface area contributed by atoms with Gasteiger partial charge in [0.05, 0.1) is 5.52 Å². The van der Waals surface area contributed by atoms with Crippen molar-refractivity contribution in [1.82, 2.24) is 9.88 Å². The number of benzene rings is 1. The van der Waals surface area contributed by atoms with Crippen LogP contribution in [0.25, 0.3) is 10.9 Å². The minimum atomic E-state index is -0.168. The van der Waals surface area contributed by atoms with E-state index in [9.17, 15) is 4.79 Å². The van der Waals surface area contributed by atoms with Crippen LogP contribution >= 0.6 is 0 Å². The van der Waals surface area contributed by atoms with Gasteiger partial charge in [-0.3, -0.25) is 4.79 Å².